The van der Waals surface area contributed by atoms with Crippen molar-refractivity contribution >= 4 is 18.3 Å². The number of hydrogen-bond donors (Lipinski definition) is 1. The van der Waals surface area contributed by atoms with E-state index in [1.807, 2.05) is 13.8 Å². The Morgan fingerprint density at radius 2 is 1.71 bits per heavy atom. The lowest BCUT2D eigenvalue weighted by Crippen LogP contribution is -2.54. The zero-order chi connectivity index (χ0) is 19.8. The molecule has 1 aliphatic heterocycles. The van der Waals surface area contributed by atoms with Gasteiger partial charge in [0.05, 0.1) is 5.56 Å². The summed E-state index contributed by atoms with van der Waals surface area (Å²) < 4.78 is 38.4. The van der Waals surface area contributed by atoms with E-state index < -0.39 is 11.7 Å². The van der Waals surface area contributed by atoms with Gasteiger partial charge in [-0.05, 0) is 41.2 Å². The van der Waals surface area contributed by atoms with Crippen LogP contribution in [-0.2, 0) is 6.18 Å². The van der Waals surface area contributed by atoms with Crippen molar-refractivity contribution in [3.05, 3.63) is 59.7 Å². The summed E-state index contributed by atoms with van der Waals surface area (Å²) in [5, 5.41) is 0. The molecule has 3 nitrogen and oxygen atoms in total. The number of carbonyl (C=O) groups is 1. The molecular formula is C21H24ClF3N2O. The number of nitrogens with two attached hydrogens (primary N) is 1. The van der Waals surface area contributed by atoms with Gasteiger partial charge in [-0.3, -0.25) is 4.79 Å². The lowest BCUT2D eigenvalue weighted by atomic mass is 9.79. The molecule has 1 saturated heterocycles. The summed E-state index contributed by atoms with van der Waals surface area (Å²) in [5.74, 6) is -0.120. The monoisotopic (exact) mass is 412 g/mol. The van der Waals surface area contributed by atoms with Crippen molar-refractivity contribution in [3.8, 4) is 11.1 Å². The van der Waals surface area contributed by atoms with E-state index in [-0.39, 0.29) is 29.8 Å². The Kier molecular flexibility index (Phi) is 6.46. The Balaban J connectivity index is 0.00000280. The van der Waals surface area contributed by atoms with Gasteiger partial charge < -0.3 is 10.6 Å². The maximum absolute atomic E-state index is 13.1. The van der Waals surface area contributed by atoms with E-state index in [1.165, 1.54) is 12.1 Å². The van der Waals surface area contributed by atoms with Crippen LogP contribution in [0.25, 0.3) is 11.1 Å². The summed E-state index contributed by atoms with van der Waals surface area (Å²) in [7, 11) is 0. The second-order valence-electron chi connectivity index (χ2n) is 7.73. The van der Waals surface area contributed by atoms with Crippen LogP contribution in [0.2, 0.25) is 0 Å². The van der Waals surface area contributed by atoms with Crippen LogP contribution in [-0.4, -0.2) is 29.9 Å². The van der Waals surface area contributed by atoms with E-state index in [0.29, 0.717) is 29.8 Å². The highest BCUT2D eigenvalue weighted by atomic mass is 35.5. The molecule has 1 unspecified atom stereocenters. The van der Waals surface area contributed by atoms with Crippen LogP contribution in [0.15, 0.2) is 48.5 Å². The largest absolute Gasteiger partial charge is 0.416 e. The molecule has 2 N–H and O–H groups in total. The third kappa shape index (κ3) is 4.50. The predicted molar refractivity (Wildman–Crippen MR) is 106 cm³/mol. The van der Waals surface area contributed by atoms with Crippen LogP contribution in [0.5, 0.6) is 0 Å². The van der Waals surface area contributed by atoms with E-state index in [1.54, 1.807) is 29.2 Å². The number of alkyl halides is 3. The van der Waals surface area contributed by atoms with Crippen molar-refractivity contribution in [2.45, 2.75) is 32.5 Å². The average Bonchev–Trinajstić information content (AvgIpc) is 2.63. The first kappa shape index (κ1) is 22.2. The van der Waals surface area contributed by atoms with Gasteiger partial charge in [0.15, 0.2) is 0 Å². The van der Waals surface area contributed by atoms with Gasteiger partial charge in [0, 0.05) is 24.7 Å². The van der Waals surface area contributed by atoms with Crippen LogP contribution < -0.4 is 5.73 Å². The molecule has 0 radical (unpaired) electrons. The first-order chi connectivity index (χ1) is 12.6. The summed E-state index contributed by atoms with van der Waals surface area (Å²) in [6.07, 6.45) is -3.66. The summed E-state index contributed by atoms with van der Waals surface area (Å²) in [6, 6.07) is 12.0. The normalized spacial score (nSPS) is 19.1. The van der Waals surface area contributed by atoms with Gasteiger partial charge in [0.1, 0.15) is 0 Å². The van der Waals surface area contributed by atoms with Gasteiger partial charge in [0.25, 0.3) is 5.91 Å². The minimum Gasteiger partial charge on any atom is -0.338 e. The van der Waals surface area contributed by atoms with Crippen LogP contribution in [0, 0.1) is 5.41 Å². The van der Waals surface area contributed by atoms with E-state index >= 15 is 0 Å². The van der Waals surface area contributed by atoms with Crippen molar-refractivity contribution < 1.29 is 18.0 Å². The number of rotatable bonds is 2. The van der Waals surface area contributed by atoms with Gasteiger partial charge in [-0.1, -0.05) is 44.2 Å². The first-order valence-corrected chi connectivity index (χ1v) is 8.91. The van der Waals surface area contributed by atoms with Gasteiger partial charge >= 0.3 is 6.18 Å². The van der Waals surface area contributed by atoms with Crippen molar-refractivity contribution in [2.24, 2.45) is 11.1 Å². The number of hydrogen-bond acceptors (Lipinski definition) is 2. The lowest BCUT2D eigenvalue weighted by Gasteiger charge is -2.42. The van der Waals surface area contributed by atoms with Gasteiger partial charge in [-0.15, -0.1) is 12.4 Å². The Morgan fingerprint density at radius 3 is 2.29 bits per heavy atom. The van der Waals surface area contributed by atoms with Gasteiger partial charge in [-0.2, -0.15) is 13.2 Å². The zero-order valence-electron chi connectivity index (χ0n) is 15.8. The van der Waals surface area contributed by atoms with Gasteiger partial charge in [0.2, 0.25) is 0 Å². The van der Waals surface area contributed by atoms with Crippen molar-refractivity contribution in [1.29, 1.82) is 0 Å². The number of amides is 1. The van der Waals surface area contributed by atoms with Crippen LogP contribution in [0.4, 0.5) is 13.2 Å². The fraction of sp³-hybridized carbons (Fsp3) is 0.381. The first-order valence-electron chi connectivity index (χ1n) is 8.91. The zero-order valence-corrected chi connectivity index (χ0v) is 16.6. The molecule has 2 aromatic carbocycles. The van der Waals surface area contributed by atoms with E-state index in [9.17, 15) is 18.0 Å². The molecule has 0 bridgehead atoms. The van der Waals surface area contributed by atoms with Crippen molar-refractivity contribution in [3.63, 3.8) is 0 Å². The summed E-state index contributed by atoms with van der Waals surface area (Å²) >= 11 is 0. The average molecular weight is 413 g/mol. The number of benzene rings is 2. The number of likely N-dealkylation sites (tertiary alicyclic amines) is 1. The number of nitrogens with zero attached hydrogens (tertiary/aromatic N) is 1. The third-order valence-corrected chi connectivity index (χ3v) is 5.28. The fourth-order valence-corrected chi connectivity index (χ4v) is 3.48. The lowest BCUT2D eigenvalue weighted by molar-refractivity contribution is -0.137. The molecule has 1 aliphatic rings. The highest BCUT2D eigenvalue weighted by Crippen LogP contribution is 2.33. The second kappa shape index (κ2) is 8.13. The maximum Gasteiger partial charge on any atom is 0.416 e. The summed E-state index contributed by atoms with van der Waals surface area (Å²) in [4.78, 5) is 14.9. The number of carbonyl (C=O) groups excluding carboxylic acids is 1. The van der Waals surface area contributed by atoms with Crippen LogP contribution >= 0.6 is 12.4 Å². The fourth-order valence-electron chi connectivity index (χ4n) is 3.48. The molecule has 7 heteroatoms. The minimum absolute atomic E-state index is 0. The smallest absolute Gasteiger partial charge is 0.338 e. The van der Waals surface area contributed by atoms with Crippen LogP contribution in [0.3, 0.4) is 0 Å². The van der Waals surface area contributed by atoms with Crippen molar-refractivity contribution in [2.75, 3.05) is 13.1 Å². The Labute approximate surface area is 169 Å². The standard InChI is InChI=1S/C21H23F3N2O.ClH/c1-20(2)13-26(12-11-18(20)25)19(27)17-6-4-3-5-16(17)14-7-9-15(10-8-14)21(22,23)24;/h3-10,18H,11-13,25H2,1-2H3;1H. The highest BCUT2D eigenvalue weighted by Gasteiger charge is 2.36. The van der Waals surface area contributed by atoms with E-state index in [0.717, 1.165) is 18.6 Å². The predicted octanol–water partition coefficient (Wildman–Crippen LogP) is 4.99. The highest BCUT2D eigenvalue weighted by molar-refractivity contribution is 6.01. The quantitative estimate of drug-likeness (QED) is 0.755. The third-order valence-electron chi connectivity index (χ3n) is 5.28. The SMILES string of the molecule is CC1(C)CN(C(=O)c2ccccc2-c2ccc(C(F)(F)F)cc2)CCC1N.Cl. The molecule has 0 aliphatic carbocycles. The second-order valence-corrected chi connectivity index (χ2v) is 7.73. The Morgan fingerprint density at radius 1 is 1.11 bits per heavy atom. The van der Waals surface area contributed by atoms with E-state index in [2.05, 4.69) is 0 Å². The summed E-state index contributed by atoms with van der Waals surface area (Å²) in [6.45, 7) is 5.21. The van der Waals surface area contributed by atoms with Gasteiger partial charge in [-0.25, -0.2) is 0 Å². The molecule has 28 heavy (non-hydrogen) atoms. The molecule has 1 amide bonds. The molecule has 2 aromatic rings. The molecule has 0 aromatic heterocycles. The topological polar surface area (TPSA) is 46.3 Å². The number of piperidine rings is 1. The molecule has 3 rings (SSSR count). The molecule has 0 saturated carbocycles. The Bertz CT molecular complexity index is 834. The molecular weight excluding hydrogens is 389 g/mol. The van der Waals surface area contributed by atoms with Crippen LogP contribution in [0.1, 0.15) is 36.2 Å². The maximum atomic E-state index is 13.1. The molecule has 152 valence electrons. The molecule has 1 atom stereocenters. The van der Waals surface area contributed by atoms with E-state index in [4.69, 9.17) is 5.73 Å². The van der Waals surface area contributed by atoms with Crippen molar-refractivity contribution in [1.82, 2.24) is 4.90 Å². The summed E-state index contributed by atoms with van der Waals surface area (Å²) in [5.41, 5.74) is 6.97. The minimum atomic E-state index is -4.38. The molecule has 0 spiro atoms. The molecule has 1 fully saturated rings. The Hall–Kier alpha value is -2.05. The number of halogens is 4. The molecule has 1 heterocycles.